The third-order valence-corrected chi connectivity index (χ3v) is 4.36. The van der Waals surface area contributed by atoms with E-state index in [4.69, 9.17) is 9.47 Å². The van der Waals surface area contributed by atoms with Crippen LogP contribution in [-0.4, -0.2) is 44.7 Å². The Morgan fingerprint density at radius 1 is 1.07 bits per heavy atom. The zero-order valence-electron chi connectivity index (χ0n) is 18.5. The molecule has 0 saturated carbocycles. The number of hydrogen-bond acceptors (Lipinski definition) is 5. The number of hydrogen-bond donors (Lipinski definition) is 2. The minimum Gasteiger partial charge on any atom is -0.494 e. The minimum atomic E-state index is -0.617. The van der Waals surface area contributed by atoms with Crippen molar-refractivity contribution in [2.75, 3.05) is 33.1 Å². The maximum Gasteiger partial charge on any atom is 0.417 e. The predicted octanol–water partition coefficient (Wildman–Crippen LogP) is 3.78. The molecule has 0 bridgehead atoms. The number of nitrogens with zero attached hydrogens (tertiary/aromatic N) is 1. The molecule has 0 fully saturated rings. The van der Waals surface area contributed by atoms with E-state index >= 15 is 0 Å². The molecule has 0 aliphatic rings. The Hall–Kier alpha value is -3.06. The van der Waals surface area contributed by atoms with Crippen LogP contribution in [0.5, 0.6) is 11.5 Å². The van der Waals surface area contributed by atoms with E-state index < -0.39 is 6.09 Å². The number of amides is 2. The summed E-state index contributed by atoms with van der Waals surface area (Å²) in [5, 5.41) is 5.68. The van der Waals surface area contributed by atoms with E-state index in [-0.39, 0.29) is 24.4 Å². The summed E-state index contributed by atoms with van der Waals surface area (Å²) in [4.78, 5) is 26.3. The van der Waals surface area contributed by atoms with Gasteiger partial charge in [-0.3, -0.25) is 10.1 Å². The van der Waals surface area contributed by atoms with Gasteiger partial charge in [0, 0.05) is 12.1 Å². The van der Waals surface area contributed by atoms with E-state index in [0.717, 1.165) is 11.1 Å². The number of methoxy groups -OCH3 is 1. The molecular weight excluding hydrogens is 382 g/mol. The fraction of sp³-hybridized carbons (Fsp3) is 0.391. The van der Waals surface area contributed by atoms with Crippen LogP contribution in [0.4, 0.5) is 10.5 Å². The summed E-state index contributed by atoms with van der Waals surface area (Å²) in [7, 11) is 5.20. The molecule has 0 heterocycles. The van der Waals surface area contributed by atoms with Gasteiger partial charge in [0.05, 0.1) is 19.3 Å². The number of anilines is 1. The number of para-hydroxylation sites is 1. The molecule has 0 aromatic heterocycles. The van der Waals surface area contributed by atoms with E-state index in [0.29, 0.717) is 17.2 Å². The fourth-order valence-electron chi connectivity index (χ4n) is 2.86. The molecular formula is C23H31N3O4. The Morgan fingerprint density at radius 3 is 2.30 bits per heavy atom. The molecule has 2 aromatic rings. The Morgan fingerprint density at radius 2 is 1.73 bits per heavy atom. The highest BCUT2D eigenvalue weighted by Crippen LogP contribution is 2.35. The second-order valence-corrected chi connectivity index (χ2v) is 8.31. The van der Waals surface area contributed by atoms with Gasteiger partial charge in [-0.1, -0.05) is 39.0 Å². The number of carbonyl (C=O) groups excluding carboxylic acids is 2. The van der Waals surface area contributed by atoms with Crippen LogP contribution in [0.2, 0.25) is 0 Å². The van der Waals surface area contributed by atoms with Crippen LogP contribution in [0.15, 0.2) is 42.5 Å². The third-order valence-electron chi connectivity index (χ3n) is 4.36. The topological polar surface area (TPSA) is 79.9 Å². The fourth-order valence-corrected chi connectivity index (χ4v) is 2.86. The van der Waals surface area contributed by atoms with Gasteiger partial charge in [-0.05, 0) is 49.3 Å². The summed E-state index contributed by atoms with van der Waals surface area (Å²) < 4.78 is 10.9. The lowest BCUT2D eigenvalue weighted by atomic mass is 9.85. The first-order chi connectivity index (χ1) is 14.1. The van der Waals surface area contributed by atoms with Gasteiger partial charge in [0.1, 0.15) is 11.5 Å². The molecule has 7 heteroatoms. The SMILES string of the molecule is COc1c(CNC(=O)CN(C)C)cc(C(C)(C)C)cc1NC(=O)Oc1ccccc1. The van der Waals surface area contributed by atoms with Gasteiger partial charge in [0.25, 0.3) is 0 Å². The van der Waals surface area contributed by atoms with Crippen LogP contribution in [0.1, 0.15) is 31.9 Å². The number of likely N-dealkylation sites (N-methyl/N-ethyl adjacent to an activating group) is 1. The summed E-state index contributed by atoms with van der Waals surface area (Å²) in [6, 6.07) is 12.7. The summed E-state index contributed by atoms with van der Waals surface area (Å²) in [6.07, 6.45) is -0.617. The molecule has 2 aromatic carbocycles. The largest absolute Gasteiger partial charge is 0.494 e. The molecule has 0 radical (unpaired) electrons. The molecule has 2 N–H and O–H groups in total. The van der Waals surface area contributed by atoms with E-state index in [9.17, 15) is 9.59 Å². The number of ether oxygens (including phenoxy) is 2. The summed E-state index contributed by atoms with van der Waals surface area (Å²) >= 11 is 0. The zero-order chi connectivity index (χ0) is 22.3. The van der Waals surface area contributed by atoms with Gasteiger partial charge in [-0.25, -0.2) is 4.79 Å². The monoisotopic (exact) mass is 413 g/mol. The van der Waals surface area contributed by atoms with Crippen LogP contribution >= 0.6 is 0 Å². The Balaban J connectivity index is 2.30. The first kappa shape index (κ1) is 23.2. The lowest BCUT2D eigenvalue weighted by molar-refractivity contribution is -0.121. The van der Waals surface area contributed by atoms with Crippen molar-refractivity contribution in [2.24, 2.45) is 0 Å². The molecule has 0 aliphatic heterocycles. The maximum absolute atomic E-state index is 12.4. The molecule has 2 amide bonds. The quantitative estimate of drug-likeness (QED) is 0.722. The lowest BCUT2D eigenvalue weighted by Crippen LogP contribution is -2.33. The highest BCUT2D eigenvalue weighted by atomic mass is 16.6. The van der Waals surface area contributed by atoms with Crippen molar-refractivity contribution in [3.05, 3.63) is 53.6 Å². The van der Waals surface area contributed by atoms with Crippen molar-refractivity contribution < 1.29 is 19.1 Å². The van der Waals surface area contributed by atoms with Crippen molar-refractivity contribution in [2.45, 2.75) is 32.7 Å². The average Bonchev–Trinajstić information content (AvgIpc) is 2.65. The highest BCUT2D eigenvalue weighted by Gasteiger charge is 2.21. The minimum absolute atomic E-state index is 0.0961. The molecule has 2 rings (SSSR count). The molecule has 0 saturated heterocycles. The first-order valence-corrected chi connectivity index (χ1v) is 9.77. The number of rotatable bonds is 7. The molecule has 0 spiro atoms. The van der Waals surface area contributed by atoms with Gasteiger partial charge < -0.3 is 19.7 Å². The van der Waals surface area contributed by atoms with Crippen LogP contribution in [0.3, 0.4) is 0 Å². The maximum atomic E-state index is 12.4. The average molecular weight is 414 g/mol. The zero-order valence-corrected chi connectivity index (χ0v) is 18.5. The van der Waals surface area contributed by atoms with Crippen molar-refractivity contribution >= 4 is 17.7 Å². The third kappa shape index (κ3) is 6.77. The Bertz CT molecular complexity index is 874. The van der Waals surface area contributed by atoms with Crippen LogP contribution < -0.4 is 20.1 Å². The van der Waals surface area contributed by atoms with E-state index in [1.807, 2.05) is 32.3 Å². The van der Waals surface area contributed by atoms with Crippen LogP contribution in [0.25, 0.3) is 0 Å². The predicted molar refractivity (Wildman–Crippen MR) is 118 cm³/mol. The van der Waals surface area contributed by atoms with Gasteiger partial charge in [0.2, 0.25) is 5.91 Å². The lowest BCUT2D eigenvalue weighted by Gasteiger charge is -2.24. The second-order valence-electron chi connectivity index (χ2n) is 8.31. The summed E-state index contributed by atoms with van der Waals surface area (Å²) in [5.74, 6) is 0.830. The van der Waals surface area contributed by atoms with Crippen LogP contribution in [0, 0.1) is 0 Å². The second kappa shape index (κ2) is 10.1. The van der Waals surface area contributed by atoms with Crippen molar-refractivity contribution in [1.82, 2.24) is 10.2 Å². The molecule has 7 nitrogen and oxygen atoms in total. The van der Waals surface area contributed by atoms with E-state index in [1.54, 1.807) is 29.2 Å². The molecule has 0 aliphatic carbocycles. The molecule has 0 atom stereocenters. The highest BCUT2D eigenvalue weighted by molar-refractivity contribution is 5.89. The Labute approximate surface area is 178 Å². The number of nitrogens with one attached hydrogen (secondary N) is 2. The first-order valence-electron chi connectivity index (χ1n) is 9.77. The van der Waals surface area contributed by atoms with Gasteiger partial charge in [-0.2, -0.15) is 0 Å². The summed E-state index contributed by atoms with van der Waals surface area (Å²) in [6.45, 7) is 6.80. The standard InChI is InChI=1S/C23H31N3O4/c1-23(2,3)17-12-16(14-24-20(27)15-26(4)5)21(29-6)19(13-17)25-22(28)30-18-10-8-7-9-11-18/h7-13H,14-15H2,1-6H3,(H,24,27)(H,25,28). The molecule has 162 valence electrons. The van der Waals surface area contributed by atoms with E-state index in [1.165, 1.54) is 7.11 Å². The van der Waals surface area contributed by atoms with Crippen molar-refractivity contribution in [1.29, 1.82) is 0 Å². The van der Waals surface area contributed by atoms with Gasteiger partial charge in [-0.15, -0.1) is 0 Å². The van der Waals surface area contributed by atoms with Crippen LogP contribution in [-0.2, 0) is 16.8 Å². The number of carbonyl (C=O) groups is 2. The summed E-state index contributed by atoms with van der Waals surface area (Å²) in [5.41, 5.74) is 2.08. The van der Waals surface area contributed by atoms with Gasteiger partial charge in [0.15, 0.2) is 0 Å². The van der Waals surface area contributed by atoms with Crippen molar-refractivity contribution in [3.63, 3.8) is 0 Å². The number of benzene rings is 2. The van der Waals surface area contributed by atoms with Crippen molar-refractivity contribution in [3.8, 4) is 11.5 Å². The Kier molecular flexibility index (Phi) is 7.83. The normalized spacial score (nSPS) is 11.2. The molecule has 0 unspecified atom stereocenters. The molecule has 30 heavy (non-hydrogen) atoms. The van der Waals surface area contributed by atoms with Gasteiger partial charge >= 0.3 is 6.09 Å². The van der Waals surface area contributed by atoms with E-state index in [2.05, 4.69) is 31.4 Å². The smallest absolute Gasteiger partial charge is 0.417 e.